The van der Waals surface area contributed by atoms with Crippen LogP contribution >= 0.6 is 34.7 Å². The number of carbonyl (C=O) groups is 1. The summed E-state index contributed by atoms with van der Waals surface area (Å²) in [4.78, 5) is 16.6. The maximum atomic E-state index is 12.4. The van der Waals surface area contributed by atoms with Crippen molar-refractivity contribution in [2.24, 2.45) is 0 Å². The second-order valence-electron chi connectivity index (χ2n) is 4.29. The lowest BCUT2D eigenvalue weighted by Crippen LogP contribution is -2.31. The minimum absolute atomic E-state index is 0.173. The third-order valence-corrected chi connectivity index (χ3v) is 5.57. The van der Waals surface area contributed by atoms with E-state index >= 15 is 0 Å². The molecule has 0 aromatic carbocycles. The Labute approximate surface area is 122 Å². The van der Waals surface area contributed by atoms with Gasteiger partial charge in [0.05, 0.1) is 4.88 Å². The Bertz CT molecular complexity index is 396. The molecule has 1 aliphatic rings. The molecule has 2 heterocycles. The van der Waals surface area contributed by atoms with E-state index in [2.05, 4.69) is 6.07 Å². The molecule has 0 unspecified atom stereocenters. The summed E-state index contributed by atoms with van der Waals surface area (Å²) in [6.07, 6.45) is 1.98. The number of amides is 1. The van der Waals surface area contributed by atoms with Crippen LogP contribution in [-0.4, -0.2) is 35.5 Å². The molecule has 0 bridgehead atoms. The molecule has 0 atom stereocenters. The van der Waals surface area contributed by atoms with Crippen LogP contribution in [0.15, 0.2) is 6.07 Å². The molecule has 0 saturated heterocycles. The van der Waals surface area contributed by atoms with Gasteiger partial charge in [0.15, 0.2) is 0 Å². The Morgan fingerprint density at radius 2 is 2.39 bits per heavy atom. The number of rotatable bonds is 5. The van der Waals surface area contributed by atoms with Crippen molar-refractivity contribution in [2.75, 3.05) is 24.7 Å². The van der Waals surface area contributed by atoms with E-state index in [0.29, 0.717) is 5.88 Å². The van der Waals surface area contributed by atoms with Crippen LogP contribution in [0, 0.1) is 0 Å². The van der Waals surface area contributed by atoms with Gasteiger partial charge in [-0.25, -0.2) is 0 Å². The Hall–Kier alpha value is -0.190. The zero-order valence-corrected chi connectivity index (χ0v) is 13.0. The maximum Gasteiger partial charge on any atom is 0.263 e. The fourth-order valence-electron chi connectivity index (χ4n) is 2.06. The molecule has 5 heteroatoms. The smallest absolute Gasteiger partial charge is 0.263 e. The van der Waals surface area contributed by atoms with E-state index in [9.17, 15) is 4.79 Å². The van der Waals surface area contributed by atoms with Gasteiger partial charge in [0.25, 0.3) is 5.91 Å². The van der Waals surface area contributed by atoms with Gasteiger partial charge in [0, 0.05) is 29.6 Å². The molecule has 0 radical (unpaired) electrons. The summed E-state index contributed by atoms with van der Waals surface area (Å²) in [5.74, 6) is 3.03. The minimum Gasteiger partial charge on any atom is -0.338 e. The number of hydrogen-bond donors (Lipinski definition) is 0. The molecule has 0 fully saturated rings. The highest BCUT2D eigenvalue weighted by Crippen LogP contribution is 2.32. The predicted octanol–water partition coefficient (Wildman–Crippen LogP) is 3.63. The third-order valence-electron chi connectivity index (χ3n) is 3.07. The van der Waals surface area contributed by atoms with Crippen molar-refractivity contribution < 1.29 is 4.79 Å². The van der Waals surface area contributed by atoms with Crippen LogP contribution in [0.2, 0.25) is 0 Å². The zero-order valence-electron chi connectivity index (χ0n) is 10.6. The average Bonchev–Trinajstić information content (AvgIpc) is 2.83. The van der Waals surface area contributed by atoms with Crippen LogP contribution in [0.5, 0.6) is 0 Å². The highest BCUT2D eigenvalue weighted by molar-refractivity contribution is 7.98. The first-order chi connectivity index (χ1) is 8.76. The molecule has 1 aliphatic heterocycles. The molecule has 1 aromatic rings. The number of halogens is 1. The SMILES string of the molecule is CCN(CCCCl)C(=O)c1cc2c(s1)CCSC2. The number of hydrogen-bond acceptors (Lipinski definition) is 3. The van der Waals surface area contributed by atoms with Crippen LogP contribution in [0.4, 0.5) is 0 Å². The normalized spacial score (nSPS) is 14.3. The van der Waals surface area contributed by atoms with Crippen molar-refractivity contribution in [3.63, 3.8) is 0 Å². The summed E-state index contributed by atoms with van der Waals surface area (Å²) in [6, 6.07) is 2.10. The highest BCUT2D eigenvalue weighted by atomic mass is 35.5. The van der Waals surface area contributed by atoms with Crippen LogP contribution in [0.25, 0.3) is 0 Å². The van der Waals surface area contributed by atoms with Crippen molar-refractivity contribution in [3.05, 3.63) is 21.4 Å². The topological polar surface area (TPSA) is 20.3 Å². The van der Waals surface area contributed by atoms with Crippen molar-refractivity contribution in [2.45, 2.75) is 25.5 Å². The Kier molecular flexibility index (Phi) is 5.39. The molecule has 0 aliphatic carbocycles. The Morgan fingerprint density at radius 3 is 3.06 bits per heavy atom. The van der Waals surface area contributed by atoms with Crippen LogP contribution in [0.3, 0.4) is 0 Å². The zero-order chi connectivity index (χ0) is 13.0. The van der Waals surface area contributed by atoms with E-state index in [1.54, 1.807) is 11.3 Å². The molecule has 2 nitrogen and oxygen atoms in total. The van der Waals surface area contributed by atoms with E-state index in [4.69, 9.17) is 11.6 Å². The fourth-order valence-corrected chi connectivity index (χ4v) is 4.52. The summed E-state index contributed by atoms with van der Waals surface area (Å²) >= 11 is 9.34. The van der Waals surface area contributed by atoms with Gasteiger partial charge in [0.1, 0.15) is 0 Å². The van der Waals surface area contributed by atoms with E-state index in [1.807, 2.05) is 23.6 Å². The molecule has 1 amide bonds. The monoisotopic (exact) mass is 303 g/mol. The average molecular weight is 304 g/mol. The van der Waals surface area contributed by atoms with Gasteiger partial charge in [-0.05, 0) is 37.1 Å². The largest absolute Gasteiger partial charge is 0.338 e. The number of thioether (sulfide) groups is 1. The van der Waals surface area contributed by atoms with Crippen LogP contribution < -0.4 is 0 Å². The van der Waals surface area contributed by atoms with Gasteiger partial charge >= 0.3 is 0 Å². The highest BCUT2D eigenvalue weighted by Gasteiger charge is 2.20. The van der Waals surface area contributed by atoms with Gasteiger partial charge < -0.3 is 4.90 Å². The van der Waals surface area contributed by atoms with Crippen LogP contribution in [0.1, 0.15) is 33.5 Å². The van der Waals surface area contributed by atoms with Crippen molar-refractivity contribution >= 4 is 40.6 Å². The van der Waals surface area contributed by atoms with E-state index in [-0.39, 0.29) is 5.91 Å². The third kappa shape index (κ3) is 3.22. The van der Waals surface area contributed by atoms with Crippen LogP contribution in [-0.2, 0) is 12.2 Å². The van der Waals surface area contributed by atoms with E-state index < -0.39 is 0 Å². The lowest BCUT2D eigenvalue weighted by atomic mass is 10.2. The predicted molar refractivity (Wildman–Crippen MR) is 81.1 cm³/mol. The molecular formula is C13H18ClNOS2. The second-order valence-corrected chi connectivity index (χ2v) is 6.91. The minimum atomic E-state index is 0.173. The molecule has 100 valence electrons. The number of nitrogens with zero attached hydrogens (tertiary/aromatic N) is 1. The summed E-state index contributed by atoms with van der Waals surface area (Å²) in [6.45, 7) is 3.54. The Balaban J connectivity index is 2.09. The van der Waals surface area contributed by atoms with E-state index in [1.165, 1.54) is 16.2 Å². The van der Waals surface area contributed by atoms with Gasteiger partial charge in [0.2, 0.25) is 0 Å². The number of fused-ring (bicyclic) bond motifs is 1. The number of carbonyl (C=O) groups excluding carboxylic acids is 1. The van der Waals surface area contributed by atoms with Gasteiger partial charge in [-0.2, -0.15) is 11.8 Å². The second kappa shape index (κ2) is 6.83. The summed E-state index contributed by atoms with van der Waals surface area (Å²) in [5, 5.41) is 0. The number of aryl methyl sites for hydroxylation is 1. The first-order valence-corrected chi connectivity index (χ1v) is 8.81. The molecule has 0 saturated carbocycles. The molecule has 2 rings (SSSR count). The van der Waals surface area contributed by atoms with Gasteiger partial charge in [-0.3, -0.25) is 4.79 Å². The molecule has 0 N–H and O–H groups in total. The van der Waals surface area contributed by atoms with Gasteiger partial charge in [-0.15, -0.1) is 22.9 Å². The lowest BCUT2D eigenvalue weighted by Gasteiger charge is -2.19. The standard InChI is InChI=1S/C13H18ClNOS2/c1-2-15(6-3-5-14)13(16)12-8-10-9-17-7-4-11(10)18-12/h8H,2-7,9H2,1H3. The van der Waals surface area contributed by atoms with Crippen molar-refractivity contribution in [1.29, 1.82) is 0 Å². The number of thiophene rings is 1. The summed E-state index contributed by atoms with van der Waals surface area (Å²) < 4.78 is 0. The summed E-state index contributed by atoms with van der Waals surface area (Å²) in [5.41, 5.74) is 1.37. The van der Waals surface area contributed by atoms with Gasteiger partial charge in [-0.1, -0.05) is 0 Å². The molecule has 18 heavy (non-hydrogen) atoms. The molecule has 1 aromatic heterocycles. The number of alkyl halides is 1. The Morgan fingerprint density at radius 1 is 1.56 bits per heavy atom. The first-order valence-electron chi connectivity index (χ1n) is 6.30. The first kappa shape index (κ1) is 14.2. The summed E-state index contributed by atoms with van der Waals surface area (Å²) in [7, 11) is 0. The van der Waals surface area contributed by atoms with E-state index in [0.717, 1.165) is 36.6 Å². The van der Waals surface area contributed by atoms with Crippen molar-refractivity contribution in [3.8, 4) is 0 Å². The lowest BCUT2D eigenvalue weighted by molar-refractivity contribution is 0.0769. The molecule has 0 spiro atoms. The maximum absolute atomic E-state index is 12.4. The molecular weight excluding hydrogens is 286 g/mol. The quantitative estimate of drug-likeness (QED) is 0.774. The van der Waals surface area contributed by atoms with Crippen molar-refractivity contribution in [1.82, 2.24) is 4.90 Å². The fraction of sp³-hybridized carbons (Fsp3) is 0.615.